The maximum absolute atomic E-state index is 12.1. The van der Waals surface area contributed by atoms with Crippen molar-refractivity contribution >= 4 is 0 Å². The summed E-state index contributed by atoms with van der Waals surface area (Å²) in [7, 11) is 1.52. The molecule has 1 rings (SSSR count). The van der Waals surface area contributed by atoms with Crippen molar-refractivity contribution in [2.75, 3.05) is 13.7 Å². The van der Waals surface area contributed by atoms with E-state index in [-0.39, 0.29) is 0 Å². The summed E-state index contributed by atoms with van der Waals surface area (Å²) in [5.41, 5.74) is 6.47. The first-order valence-corrected chi connectivity index (χ1v) is 5.91. The molecule has 1 aromatic carbocycles. The van der Waals surface area contributed by atoms with Gasteiger partial charge in [-0.25, -0.2) is 0 Å². The Labute approximate surface area is 110 Å². The van der Waals surface area contributed by atoms with Crippen LogP contribution in [0, 0.1) is 0 Å². The molecule has 0 aliphatic carbocycles. The standard InChI is InChI=1S/C13H18F3NO2/c1-9(17)12(19-7-6-13(14,15)16)10-4-3-5-11(8-10)18-2/h3-5,8-9,12H,6-7,17H2,1-2H3. The molecule has 0 amide bonds. The highest BCUT2D eigenvalue weighted by Crippen LogP contribution is 2.26. The lowest BCUT2D eigenvalue weighted by atomic mass is 10.0. The maximum atomic E-state index is 12.1. The molecule has 0 aliphatic heterocycles. The van der Waals surface area contributed by atoms with Crippen LogP contribution in [-0.2, 0) is 4.74 Å². The topological polar surface area (TPSA) is 44.5 Å². The van der Waals surface area contributed by atoms with Gasteiger partial charge in [0.15, 0.2) is 0 Å². The lowest BCUT2D eigenvalue weighted by molar-refractivity contribution is -0.150. The van der Waals surface area contributed by atoms with Crippen molar-refractivity contribution in [1.29, 1.82) is 0 Å². The van der Waals surface area contributed by atoms with Crippen LogP contribution in [0.5, 0.6) is 5.75 Å². The van der Waals surface area contributed by atoms with Gasteiger partial charge in [0, 0.05) is 6.04 Å². The van der Waals surface area contributed by atoms with Gasteiger partial charge in [0.05, 0.1) is 26.2 Å². The molecular weight excluding hydrogens is 259 g/mol. The number of benzene rings is 1. The van der Waals surface area contributed by atoms with Crippen LogP contribution < -0.4 is 10.5 Å². The van der Waals surface area contributed by atoms with Crippen LogP contribution in [0.15, 0.2) is 24.3 Å². The van der Waals surface area contributed by atoms with E-state index in [0.717, 1.165) is 0 Å². The number of halogens is 3. The fourth-order valence-electron chi connectivity index (χ4n) is 1.67. The van der Waals surface area contributed by atoms with E-state index in [0.29, 0.717) is 11.3 Å². The van der Waals surface area contributed by atoms with Crippen molar-refractivity contribution in [2.45, 2.75) is 31.7 Å². The molecule has 0 aromatic heterocycles. The molecule has 1 aromatic rings. The molecule has 0 aliphatic rings. The minimum Gasteiger partial charge on any atom is -0.497 e. The lowest BCUT2D eigenvalue weighted by Gasteiger charge is -2.22. The second-order valence-electron chi connectivity index (χ2n) is 4.29. The Morgan fingerprint density at radius 2 is 2.00 bits per heavy atom. The van der Waals surface area contributed by atoms with Gasteiger partial charge in [-0.2, -0.15) is 13.2 Å². The summed E-state index contributed by atoms with van der Waals surface area (Å²) in [4.78, 5) is 0. The zero-order chi connectivity index (χ0) is 14.5. The number of hydrogen-bond acceptors (Lipinski definition) is 3. The highest BCUT2D eigenvalue weighted by Gasteiger charge is 2.28. The van der Waals surface area contributed by atoms with Gasteiger partial charge in [-0.15, -0.1) is 0 Å². The van der Waals surface area contributed by atoms with Crippen molar-refractivity contribution < 1.29 is 22.6 Å². The first-order valence-electron chi connectivity index (χ1n) is 5.91. The van der Waals surface area contributed by atoms with Crippen LogP contribution in [0.3, 0.4) is 0 Å². The minimum absolute atomic E-state index is 0.410. The van der Waals surface area contributed by atoms with Gasteiger partial charge in [-0.05, 0) is 24.6 Å². The average Bonchev–Trinajstić information content (AvgIpc) is 2.33. The van der Waals surface area contributed by atoms with Crippen molar-refractivity contribution in [1.82, 2.24) is 0 Å². The SMILES string of the molecule is COc1cccc(C(OCCC(F)(F)F)C(C)N)c1. The summed E-state index contributed by atoms with van der Waals surface area (Å²) < 4.78 is 46.6. The molecule has 0 fully saturated rings. The van der Waals surface area contributed by atoms with E-state index in [1.807, 2.05) is 0 Å². The summed E-state index contributed by atoms with van der Waals surface area (Å²) in [6.07, 6.45) is -5.80. The highest BCUT2D eigenvalue weighted by molar-refractivity contribution is 5.30. The molecule has 108 valence electrons. The van der Waals surface area contributed by atoms with E-state index in [1.54, 1.807) is 31.2 Å². The Bertz CT molecular complexity index is 394. The van der Waals surface area contributed by atoms with Gasteiger partial charge in [0.25, 0.3) is 0 Å². The number of ether oxygens (including phenoxy) is 2. The summed E-state index contributed by atoms with van der Waals surface area (Å²) in [6, 6.07) is 6.54. The highest BCUT2D eigenvalue weighted by atomic mass is 19.4. The van der Waals surface area contributed by atoms with Crippen molar-refractivity contribution in [3.05, 3.63) is 29.8 Å². The van der Waals surface area contributed by atoms with E-state index in [4.69, 9.17) is 15.2 Å². The van der Waals surface area contributed by atoms with Gasteiger partial charge in [-0.3, -0.25) is 0 Å². The van der Waals surface area contributed by atoms with Crippen LogP contribution >= 0.6 is 0 Å². The normalized spacial score (nSPS) is 15.1. The molecule has 0 radical (unpaired) electrons. The second-order valence-corrected chi connectivity index (χ2v) is 4.29. The molecule has 3 nitrogen and oxygen atoms in total. The largest absolute Gasteiger partial charge is 0.497 e. The molecule has 2 N–H and O–H groups in total. The number of hydrogen-bond donors (Lipinski definition) is 1. The predicted octanol–water partition coefficient (Wildman–Crippen LogP) is 3.05. The maximum Gasteiger partial charge on any atom is 0.391 e. The molecule has 2 atom stereocenters. The second kappa shape index (κ2) is 6.77. The smallest absolute Gasteiger partial charge is 0.391 e. The van der Waals surface area contributed by atoms with Crippen LogP contribution in [0.1, 0.15) is 25.0 Å². The van der Waals surface area contributed by atoms with Crippen molar-refractivity contribution in [3.63, 3.8) is 0 Å². The molecule has 19 heavy (non-hydrogen) atoms. The van der Waals surface area contributed by atoms with E-state index >= 15 is 0 Å². The van der Waals surface area contributed by atoms with E-state index in [1.165, 1.54) is 7.11 Å². The van der Waals surface area contributed by atoms with Crippen LogP contribution in [0.2, 0.25) is 0 Å². The molecule has 0 saturated carbocycles. The fourth-order valence-corrected chi connectivity index (χ4v) is 1.67. The number of nitrogens with two attached hydrogens (primary N) is 1. The molecular formula is C13H18F3NO2. The van der Waals surface area contributed by atoms with E-state index in [9.17, 15) is 13.2 Å². The third kappa shape index (κ3) is 5.48. The van der Waals surface area contributed by atoms with E-state index in [2.05, 4.69) is 0 Å². The Kier molecular flexibility index (Phi) is 5.62. The number of methoxy groups -OCH3 is 1. The Morgan fingerprint density at radius 1 is 1.32 bits per heavy atom. The average molecular weight is 277 g/mol. The Morgan fingerprint density at radius 3 is 2.53 bits per heavy atom. The summed E-state index contributed by atoms with van der Waals surface area (Å²) >= 11 is 0. The lowest BCUT2D eigenvalue weighted by Crippen LogP contribution is -2.28. The number of rotatable bonds is 6. The van der Waals surface area contributed by atoms with Crippen LogP contribution in [-0.4, -0.2) is 25.9 Å². The van der Waals surface area contributed by atoms with Gasteiger partial charge in [0.1, 0.15) is 5.75 Å². The monoisotopic (exact) mass is 277 g/mol. The Hall–Kier alpha value is -1.27. The Balaban J connectivity index is 2.71. The first kappa shape index (κ1) is 15.8. The first-order chi connectivity index (χ1) is 8.83. The van der Waals surface area contributed by atoms with Crippen LogP contribution in [0.25, 0.3) is 0 Å². The zero-order valence-corrected chi connectivity index (χ0v) is 10.9. The summed E-state index contributed by atoms with van der Waals surface area (Å²) in [5, 5.41) is 0. The molecule has 0 bridgehead atoms. The van der Waals surface area contributed by atoms with Crippen LogP contribution in [0.4, 0.5) is 13.2 Å². The summed E-state index contributed by atoms with van der Waals surface area (Å²) in [5.74, 6) is 0.613. The summed E-state index contributed by atoms with van der Waals surface area (Å²) in [6.45, 7) is 1.28. The quantitative estimate of drug-likeness (QED) is 0.869. The molecule has 0 spiro atoms. The zero-order valence-electron chi connectivity index (χ0n) is 10.9. The van der Waals surface area contributed by atoms with Gasteiger partial charge < -0.3 is 15.2 Å². The third-order valence-electron chi connectivity index (χ3n) is 2.58. The van der Waals surface area contributed by atoms with Crippen molar-refractivity contribution in [3.8, 4) is 5.75 Å². The molecule has 2 unspecified atom stereocenters. The molecule has 0 heterocycles. The van der Waals surface area contributed by atoms with Crippen molar-refractivity contribution in [2.24, 2.45) is 5.73 Å². The van der Waals surface area contributed by atoms with Gasteiger partial charge in [-0.1, -0.05) is 12.1 Å². The molecule has 6 heteroatoms. The van der Waals surface area contributed by atoms with E-state index < -0.39 is 31.3 Å². The minimum atomic E-state index is -4.23. The van der Waals surface area contributed by atoms with Gasteiger partial charge in [0.2, 0.25) is 0 Å². The van der Waals surface area contributed by atoms with Gasteiger partial charge >= 0.3 is 6.18 Å². The predicted molar refractivity (Wildman–Crippen MR) is 66.0 cm³/mol. The third-order valence-corrected chi connectivity index (χ3v) is 2.58. The number of alkyl halides is 3. The molecule has 0 saturated heterocycles. The fraction of sp³-hybridized carbons (Fsp3) is 0.538.